The van der Waals surface area contributed by atoms with E-state index < -0.39 is 0 Å². The van der Waals surface area contributed by atoms with Gasteiger partial charge in [-0.1, -0.05) is 13.8 Å². The number of nitriles is 2. The average Bonchev–Trinajstić information content (AvgIpc) is 2.48. The Morgan fingerprint density at radius 1 is 0.850 bits per heavy atom. The summed E-state index contributed by atoms with van der Waals surface area (Å²) < 4.78 is 0. The summed E-state index contributed by atoms with van der Waals surface area (Å²) in [5.41, 5.74) is 0. The molecule has 0 amide bonds. The Morgan fingerprint density at radius 2 is 1.25 bits per heavy atom. The SMILES string of the molecule is CC[C@H]1CN(CCCC#N)[C@@H](CC)CN1CCCC#N. The number of nitrogens with zero attached hydrogens (tertiary/aromatic N) is 4. The second-order valence-electron chi connectivity index (χ2n) is 5.64. The van der Waals surface area contributed by atoms with Gasteiger partial charge >= 0.3 is 0 Å². The van der Waals surface area contributed by atoms with Crippen LogP contribution < -0.4 is 0 Å². The third kappa shape index (κ3) is 5.12. The minimum atomic E-state index is 0.610. The van der Waals surface area contributed by atoms with Gasteiger partial charge in [0.2, 0.25) is 0 Å². The van der Waals surface area contributed by atoms with Crippen LogP contribution in [0.3, 0.4) is 0 Å². The van der Waals surface area contributed by atoms with Crippen LogP contribution in [-0.2, 0) is 0 Å². The van der Waals surface area contributed by atoms with Crippen molar-refractivity contribution in [3.8, 4) is 12.1 Å². The minimum absolute atomic E-state index is 0.610. The highest BCUT2D eigenvalue weighted by Gasteiger charge is 2.31. The van der Waals surface area contributed by atoms with Crippen LogP contribution in [-0.4, -0.2) is 48.1 Å². The van der Waals surface area contributed by atoms with E-state index in [2.05, 4.69) is 35.8 Å². The van der Waals surface area contributed by atoms with E-state index in [1.54, 1.807) is 0 Å². The molecule has 20 heavy (non-hydrogen) atoms. The summed E-state index contributed by atoms with van der Waals surface area (Å²) in [5, 5.41) is 17.4. The first-order valence-electron chi connectivity index (χ1n) is 7.98. The molecular formula is C16H28N4. The van der Waals surface area contributed by atoms with Crippen LogP contribution in [0.15, 0.2) is 0 Å². The molecule has 1 heterocycles. The van der Waals surface area contributed by atoms with E-state index in [9.17, 15) is 0 Å². The van der Waals surface area contributed by atoms with Gasteiger partial charge in [-0.25, -0.2) is 0 Å². The second kappa shape index (κ2) is 9.75. The van der Waals surface area contributed by atoms with Gasteiger partial charge < -0.3 is 0 Å². The lowest BCUT2D eigenvalue weighted by molar-refractivity contribution is 0.0239. The van der Waals surface area contributed by atoms with Crippen LogP contribution in [0.25, 0.3) is 0 Å². The third-order valence-electron chi connectivity index (χ3n) is 4.33. The van der Waals surface area contributed by atoms with E-state index in [1.165, 1.54) is 0 Å². The Kier molecular flexibility index (Phi) is 8.26. The van der Waals surface area contributed by atoms with Crippen molar-refractivity contribution in [2.45, 2.75) is 64.5 Å². The molecule has 0 spiro atoms. The van der Waals surface area contributed by atoms with E-state index in [1.807, 2.05) is 0 Å². The van der Waals surface area contributed by atoms with E-state index in [0.29, 0.717) is 24.9 Å². The van der Waals surface area contributed by atoms with Crippen molar-refractivity contribution in [2.75, 3.05) is 26.2 Å². The molecule has 1 saturated heterocycles. The smallest absolute Gasteiger partial charge is 0.0622 e. The van der Waals surface area contributed by atoms with Gasteiger partial charge in [-0.2, -0.15) is 10.5 Å². The highest BCUT2D eigenvalue weighted by molar-refractivity contribution is 4.88. The number of piperazine rings is 1. The van der Waals surface area contributed by atoms with E-state index in [4.69, 9.17) is 10.5 Å². The van der Waals surface area contributed by atoms with Gasteiger partial charge in [0.15, 0.2) is 0 Å². The number of unbranched alkanes of at least 4 members (excludes halogenated alkanes) is 2. The maximum Gasteiger partial charge on any atom is 0.0622 e. The van der Waals surface area contributed by atoms with Crippen molar-refractivity contribution in [3.05, 3.63) is 0 Å². The van der Waals surface area contributed by atoms with Crippen molar-refractivity contribution in [1.82, 2.24) is 9.80 Å². The van der Waals surface area contributed by atoms with Crippen molar-refractivity contribution >= 4 is 0 Å². The molecule has 2 atom stereocenters. The van der Waals surface area contributed by atoms with Crippen molar-refractivity contribution < 1.29 is 0 Å². The second-order valence-corrected chi connectivity index (χ2v) is 5.64. The fourth-order valence-corrected chi connectivity index (χ4v) is 3.12. The topological polar surface area (TPSA) is 54.1 Å². The molecule has 0 aliphatic carbocycles. The lowest BCUT2D eigenvalue weighted by Gasteiger charge is -2.46. The largest absolute Gasteiger partial charge is 0.298 e. The zero-order chi connectivity index (χ0) is 14.8. The zero-order valence-corrected chi connectivity index (χ0v) is 13.0. The molecule has 4 heteroatoms. The average molecular weight is 276 g/mol. The van der Waals surface area contributed by atoms with Crippen molar-refractivity contribution in [2.24, 2.45) is 0 Å². The number of hydrogen-bond donors (Lipinski definition) is 0. The molecule has 1 rings (SSSR count). The van der Waals surface area contributed by atoms with E-state index in [-0.39, 0.29) is 0 Å². The van der Waals surface area contributed by atoms with Gasteiger partial charge in [-0.3, -0.25) is 9.80 Å². The van der Waals surface area contributed by atoms with Crippen LogP contribution in [0.1, 0.15) is 52.4 Å². The fourth-order valence-electron chi connectivity index (χ4n) is 3.12. The van der Waals surface area contributed by atoms with E-state index in [0.717, 1.165) is 51.9 Å². The standard InChI is InChI=1S/C16H28N4/c1-3-15-13-20(12-8-6-10-18)16(4-2)14-19(15)11-7-5-9-17/h15-16H,3-8,11-14H2,1-2H3/t15-,16-/m0/s1. The Labute approximate surface area is 124 Å². The minimum Gasteiger partial charge on any atom is -0.298 e. The van der Waals surface area contributed by atoms with Gasteiger partial charge in [-0.15, -0.1) is 0 Å². The molecule has 0 saturated carbocycles. The molecule has 0 N–H and O–H groups in total. The Balaban J connectivity index is 2.53. The van der Waals surface area contributed by atoms with Gasteiger partial charge in [0, 0.05) is 38.0 Å². The molecule has 0 aromatic rings. The van der Waals surface area contributed by atoms with E-state index >= 15 is 0 Å². The van der Waals surface area contributed by atoms with Gasteiger partial charge in [-0.05, 0) is 38.8 Å². The van der Waals surface area contributed by atoms with Crippen molar-refractivity contribution in [3.63, 3.8) is 0 Å². The quantitative estimate of drug-likeness (QED) is 0.640. The first kappa shape index (κ1) is 17.0. The monoisotopic (exact) mass is 276 g/mol. The summed E-state index contributed by atoms with van der Waals surface area (Å²) in [4.78, 5) is 5.15. The highest BCUT2D eigenvalue weighted by Crippen LogP contribution is 2.20. The van der Waals surface area contributed by atoms with Crippen LogP contribution in [0.2, 0.25) is 0 Å². The summed E-state index contributed by atoms with van der Waals surface area (Å²) in [7, 11) is 0. The summed E-state index contributed by atoms with van der Waals surface area (Å²) in [6, 6.07) is 5.70. The summed E-state index contributed by atoms with van der Waals surface area (Å²) in [6.45, 7) is 8.84. The molecular weight excluding hydrogens is 248 g/mol. The fraction of sp³-hybridized carbons (Fsp3) is 0.875. The summed E-state index contributed by atoms with van der Waals surface area (Å²) in [5.74, 6) is 0. The zero-order valence-electron chi connectivity index (χ0n) is 13.0. The predicted molar refractivity (Wildman–Crippen MR) is 81.0 cm³/mol. The molecule has 0 unspecified atom stereocenters. The van der Waals surface area contributed by atoms with Crippen LogP contribution in [0.5, 0.6) is 0 Å². The third-order valence-corrected chi connectivity index (χ3v) is 4.33. The van der Waals surface area contributed by atoms with Gasteiger partial charge in [0.05, 0.1) is 12.1 Å². The maximum absolute atomic E-state index is 8.68. The molecule has 1 aliphatic rings. The summed E-state index contributed by atoms with van der Waals surface area (Å²) in [6.07, 6.45) is 5.62. The van der Waals surface area contributed by atoms with Crippen LogP contribution in [0.4, 0.5) is 0 Å². The van der Waals surface area contributed by atoms with Gasteiger partial charge in [0.25, 0.3) is 0 Å². The van der Waals surface area contributed by atoms with Crippen LogP contribution in [0, 0.1) is 22.7 Å². The molecule has 0 bridgehead atoms. The molecule has 1 fully saturated rings. The first-order chi connectivity index (χ1) is 9.76. The van der Waals surface area contributed by atoms with Crippen molar-refractivity contribution in [1.29, 1.82) is 10.5 Å². The molecule has 0 radical (unpaired) electrons. The Morgan fingerprint density at radius 3 is 1.55 bits per heavy atom. The normalized spacial score (nSPS) is 24.2. The lowest BCUT2D eigenvalue weighted by Crippen LogP contribution is -2.58. The number of hydrogen-bond acceptors (Lipinski definition) is 4. The molecule has 4 nitrogen and oxygen atoms in total. The Bertz CT molecular complexity index is 307. The molecule has 0 aromatic heterocycles. The number of rotatable bonds is 8. The molecule has 1 aliphatic heterocycles. The Hall–Kier alpha value is -1.10. The lowest BCUT2D eigenvalue weighted by atomic mass is 10.0. The first-order valence-corrected chi connectivity index (χ1v) is 7.98. The highest BCUT2D eigenvalue weighted by atomic mass is 15.3. The molecule has 112 valence electrons. The van der Waals surface area contributed by atoms with Crippen LogP contribution >= 0.6 is 0 Å². The molecule has 0 aromatic carbocycles. The van der Waals surface area contributed by atoms with Gasteiger partial charge in [0.1, 0.15) is 0 Å². The maximum atomic E-state index is 8.68. The summed E-state index contributed by atoms with van der Waals surface area (Å²) >= 11 is 0. The predicted octanol–water partition coefficient (Wildman–Crippen LogP) is 2.77.